The van der Waals surface area contributed by atoms with Gasteiger partial charge in [-0.2, -0.15) is 0 Å². The highest BCUT2D eigenvalue weighted by Crippen LogP contribution is 2.05. The van der Waals surface area contributed by atoms with Gasteiger partial charge in [-0.1, -0.05) is 6.92 Å². The monoisotopic (exact) mass is 256 g/mol. The van der Waals surface area contributed by atoms with Crippen LogP contribution in [0, 0.1) is 5.92 Å². The molecule has 1 aromatic heterocycles. The van der Waals surface area contributed by atoms with Crippen LogP contribution in [-0.4, -0.2) is 22.4 Å². The Morgan fingerprint density at radius 1 is 1.53 bits per heavy atom. The lowest BCUT2D eigenvalue weighted by Crippen LogP contribution is -2.38. The third-order valence-electron chi connectivity index (χ3n) is 2.82. The summed E-state index contributed by atoms with van der Waals surface area (Å²) in [6.45, 7) is 3.86. The molecule has 0 aliphatic rings. The predicted molar refractivity (Wildman–Crippen MR) is 68.5 cm³/mol. The third kappa shape index (κ3) is 3.60. The summed E-state index contributed by atoms with van der Waals surface area (Å²) in [5.41, 5.74) is 0.178. The molecule has 2 unspecified atom stereocenters. The molecule has 1 N–H and O–H groups in total. The van der Waals surface area contributed by atoms with Gasteiger partial charge in [0.2, 0.25) is 0 Å². The number of nitrogens with one attached hydrogen (secondary N) is 1. The molecule has 1 heterocycles. The van der Waals surface area contributed by atoms with Crippen LogP contribution in [0.1, 0.15) is 24.2 Å². The zero-order valence-corrected chi connectivity index (χ0v) is 11.0. The minimum Gasteiger partial charge on any atom is -0.349 e. The highest BCUT2D eigenvalue weighted by atomic mass is 35.5. The van der Waals surface area contributed by atoms with Gasteiger partial charge in [0.1, 0.15) is 0 Å². The second-order valence-electron chi connectivity index (χ2n) is 4.26. The Morgan fingerprint density at radius 2 is 2.18 bits per heavy atom. The Morgan fingerprint density at radius 3 is 2.71 bits per heavy atom. The largest absolute Gasteiger partial charge is 0.349 e. The average Bonchev–Trinajstić information content (AvgIpc) is 2.31. The van der Waals surface area contributed by atoms with Crippen LogP contribution in [0.25, 0.3) is 0 Å². The molecule has 0 radical (unpaired) electrons. The van der Waals surface area contributed by atoms with E-state index in [-0.39, 0.29) is 23.4 Å². The predicted octanol–water partition coefficient (Wildman–Crippen LogP) is 1.38. The van der Waals surface area contributed by atoms with Gasteiger partial charge in [0.05, 0.1) is 0 Å². The van der Waals surface area contributed by atoms with E-state index in [4.69, 9.17) is 11.6 Å². The van der Waals surface area contributed by atoms with Crippen molar-refractivity contribution in [2.24, 2.45) is 13.0 Å². The van der Waals surface area contributed by atoms with Crippen molar-refractivity contribution in [1.29, 1.82) is 0 Å². The summed E-state index contributed by atoms with van der Waals surface area (Å²) in [6, 6.07) is 2.92. The SMILES string of the molecule is CC(CCl)C(C)NC(=O)c1ccn(C)c(=O)c1. The lowest BCUT2D eigenvalue weighted by atomic mass is 10.1. The van der Waals surface area contributed by atoms with E-state index in [0.717, 1.165) is 0 Å². The molecule has 0 saturated heterocycles. The number of rotatable bonds is 4. The summed E-state index contributed by atoms with van der Waals surface area (Å²) in [4.78, 5) is 23.2. The number of hydrogen-bond donors (Lipinski definition) is 1. The number of aryl methyl sites for hydroxylation is 1. The summed E-state index contributed by atoms with van der Waals surface area (Å²) >= 11 is 5.72. The molecule has 0 aliphatic heterocycles. The first-order chi connectivity index (χ1) is 7.95. The van der Waals surface area contributed by atoms with E-state index < -0.39 is 0 Å². The van der Waals surface area contributed by atoms with Crippen LogP contribution in [0.4, 0.5) is 0 Å². The van der Waals surface area contributed by atoms with Gasteiger partial charge in [0.25, 0.3) is 11.5 Å². The van der Waals surface area contributed by atoms with E-state index in [0.29, 0.717) is 11.4 Å². The fraction of sp³-hybridized carbons (Fsp3) is 0.500. The summed E-state index contributed by atoms with van der Waals surface area (Å²) in [6.07, 6.45) is 1.58. The van der Waals surface area contributed by atoms with Gasteiger partial charge in [0, 0.05) is 36.8 Å². The Balaban J connectivity index is 2.77. The van der Waals surface area contributed by atoms with Crippen molar-refractivity contribution in [2.75, 3.05) is 5.88 Å². The van der Waals surface area contributed by atoms with E-state index >= 15 is 0 Å². The Bertz CT molecular complexity index is 456. The van der Waals surface area contributed by atoms with E-state index in [1.165, 1.54) is 10.6 Å². The number of pyridine rings is 1. The second kappa shape index (κ2) is 5.87. The maximum Gasteiger partial charge on any atom is 0.251 e. The second-order valence-corrected chi connectivity index (χ2v) is 4.57. The molecule has 0 aromatic carbocycles. The number of aromatic nitrogens is 1. The number of alkyl halides is 1. The molecule has 1 rings (SSSR count). The number of carbonyl (C=O) groups is 1. The molecule has 0 aliphatic carbocycles. The number of carbonyl (C=O) groups excluding carboxylic acids is 1. The lowest BCUT2D eigenvalue weighted by molar-refractivity contribution is 0.0930. The minimum absolute atomic E-state index is 0.0240. The van der Waals surface area contributed by atoms with E-state index in [1.807, 2.05) is 13.8 Å². The van der Waals surface area contributed by atoms with E-state index in [1.54, 1.807) is 19.3 Å². The molecule has 5 heteroatoms. The molecule has 0 bridgehead atoms. The van der Waals surface area contributed by atoms with Gasteiger partial charge in [-0.15, -0.1) is 11.6 Å². The van der Waals surface area contributed by atoms with Crippen LogP contribution in [0.3, 0.4) is 0 Å². The van der Waals surface area contributed by atoms with Gasteiger partial charge in [-0.05, 0) is 18.9 Å². The van der Waals surface area contributed by atoms with Crippen LogP contribution >= 0.6 is 11.6 Å². The first kappa shape index (κ1) is 13.8. The quantitative estimate of drug-likeness (QED) is 0.828. The fourth-order valence-electron chi connectivity index (χ4n) is 1.26. The maximum atomic E-state index is 11.8. The van der Waals surface area contributed by atoms with Crippen LogP contribution in [0.2, 0.25) is 0 Å². The molecule has 1 amide bonds. The molecule has 0 saturated carbocycles. The first-order valence-electron chi connectivity index (χ1n) is 5.49. The molecule has 1 aromatic rings. The summed E-state index contributed by atoms with van der Waals surface area (Å²) in [5, 5.41) is 2.82. The molecule has 2 atom stereocenters. The van der Waals surface area contributed by atoms with E-state index in [9.17, 15) is 9.59 Å². The van der Waals surface area contributed by atoms with Crippen molar-refractivity contribution in [3.05, 3.63) is 34.2 Å². The topological polar surface area (TPSA) is 51.1 Å². The number of amides is 1. The van der Waals surface area contributed by atoms with Crippen molar-refractivity contribution in [3.8, 4) is 0 Å². The van der Waals surface area contributed by atoms with Crippen molar-refractivity contribution in [2.45, 2.75) is 19.9 Å². The third-order valence-corrected chi connectivity index (χ3v) is 3.31. The van der Waals surface area contributed by atoms with Crippen LogP contribution in [0.15, 0.2) is 23.1 Å². The summed E-state index contributed by atoms with van der Waals surface area (Å²) in [5.74, 6) is 0.428. The van der Waals surface area contributed by atoms with Crippen LogP contribution in [-0.2, 0) is 7.05 Å². The fourth-order valence-corrected chi connectivity index (χ4v) is 1.52. The lowest BCUT2D eigenvalue weighted by Gasteiger charge is -2.19. The smallest absolute Gasteiger partial charge is 0.251 e. The molecule has 0 fully saturated rings. The molecule has 0 spiro atoms. The van der Waals surface area contributed by atoms with Crippen molar-refractivity contribution in [1.82, 2.24) is 9.88 Å². The standard InChI is InChI=1S/C12H17ClN2O2/c1-8(7-13)9(2)14-12(17)10-4-5-15(3)11(16)6-10/h4-6,8-9H,7H2,1-3H3,(H,14,17). The van der Waals surface area contributed by atoms with Crippen molar-refractivity contribution >= 4 is 17.5 Å². The van der Waals surface area contributed by atoms with Gasteiger partial charge in [-0.25, -0.2) is 0 Å². The molecular weight excluding hydrogens is 240 g/mol. The van der Waals surface area contributed by atoms with Crippen LogP contribution < -0.4 is 10.9 Å². The van der Waals surface area contributed by atoms with Gasteiger partial charge >= 0.3 is 0 Å². The Labute approximate surface area is 106 Å². The zero-order chi connectivity index (χ0) is 13.0. The number of hydrogen-bond acceptors (Lipinski definition) is 2. The molecule has 17 heavy (non-hydrogen) atoms. The summed E-state index contributed by atoms with van der Waals surface area (Å²) in [7, 11) is 1.64. The maximum absolute atomic E-state index is 11.8. The highest BCUT2D eigenvalue weighted by Gasteiger charge is 2.15. The Hall–Kier alpha value is -1.29. The zero-order valence-electron chi connectivity index (χ0n) is 10.2. The van der Waals surface area contributed by atoms with Gasteiger partial charge in [-0.3, -0.25) is 9.59 Å². The Kier molecular flexibility index (Phi) is 4.75. The normalized spacial score (nSPS) is 14.1. The first-order valence-corrected chi connectivity index (χ1v) is 6.02. The van der Waals surface area contributed by atoms with Gasteiger partial charge in [0.15, 0.2) is 0 Å². The average molecular weight is 257 g/mol. The molecular formula is C12H17ClN2O2. The number of nitrogens with zero attached hydrogens (tertiary/aromatic N) is 1. The minimum atomic E-state index is -0.243. The van der Waals surface area contributed by atoms with Crippen LogP contribution in [0.5, 0.6) is 0 Å². The molecule has 94 valence electrons. The highest BCUT2D eigenvalue weighted by molar-refractivity contribution is 6.18. The van der Waals surface area contributed by atoms with E-state index in [2.05, 4.69) is 5.32 Å². The van der Waals surface area contributed by atoms with Crippen molar-refractivity contribution in [3.63, 3.8) is 0 Å². The van der Waals surface area contributed by atoms with Gasteiger partial charge < -0.3 is 9.88 Å². The summed E-state index contributed by atoms with van der Waals surface area (Å²) < 4.78 is 1.42. The van der Waals surface area contributed by atoms with Crippen molar-refractivity contribution < 1.29 is 4.79 Å². The number of halogens is 1. The molecule has 4 nitrogen and oxygen atoms in total.